The van der Waals surface area contributed by atoms with Crippen LogP contribution in [0.5, 0.6) is 0 Å². The molecule has 1 heterocycles. The molecule has 1 rings (SSSR count). The first kappa shape index (κ1) is 15.4. The molecule has 1 aliphatic rings. The molecule has 1 atom stereocenters. The Hall–Kier alpha value is -0.650. The maximum Gasteiger partial charge on any atom is 0.304 e. The molecule has 0 bridgehead atoms. The molecule has 0 radical (unpaired) electrons. The highest BCUT2D eigenvalue weighted by molar-refractivity contribution is 5.67. The van der Waals surface area contributed by atoms with E-state index in [1.165, 1.54) is 32.4 Å². The Bertz CT molecular complexity index is 253. The zero-order valence-electron chi connectivity index (χ0n) is 11.6. The van der Waals surface area contributed by atoms with E-state index in [9.17, 15) is 4.79 Å². The number of aliphatic carboxylic acids is 1. The van der Waals surface area contributed by atoms with Gasteiger partial charge >= 0.3 is 5.97 Å². The molecule has 18 heavy (non-hydrogen) atoms. The van der Waals surface area contributed by atoms with E-state index in [1.807, 2.05) is 7.05 Å². The minimum absolute atomic E-state index is 0.0541. The summed E-state index contributed by atoms with van der Waals surface area (Å²) in [5.74, 6) is 0.00515. The predicted molar refractivity (Wildman–Crippen MR) is 72.6 cm³/mol. The number of nitrogens with zero attached hydrogens (tertiary/aromatic N) is 2. The van der Waals surface area contributed by atoms with Crippen molar-refractivity contribution >= 4 is 5.97 Å². The van der Waals surface area contributed by atoms with Crippen LogP contribution in [0.15, 0.2) is 0 Å². The van der Waals surface area contributed by atoms with Gasteiger partial charge in [0.15, 0.2) is 0 Å². The molecule has 1 aliphatic heterocycles. The van der Waals surface area contributed by atoms with Gasteiger partial charge < -0.3 is 20.6 Å². The third-order valence-corrected chi connectivity index (χ3v) is 3.74. The number of carbonyl (C=O) groups is 1. The summed E-state index contributed by atoms with van der Waals surface area (Å²) in [6.07, 6.45) is 3.82. The molecule has 0 aromatic heterocycles. The van der Waals surface area contributed by atoms with E-state index in [0.717, 1.165) is 12.5 Å². The highest BCUT2D eigenvalue weighted by atomic mass is 16.4. The van der Waals surface area contributed by atoms with E-state index < -0.39 is 5.97 Å². The van der Waals surface area contributed by atoms with Gasteiger partial charge in [0.2, 0.25) is 0 Å². The van der Waals surface area contributed by atoms with Crippen LogP contribution in [-0.2, 0) is 4.79 Å². The second-order valence-electron chi connectivity index (χ2n) is 5.66. The largest absolute Gasteiger partial charge is 0.481 e. The van der Waals surface area contributed by atoms with E-state index in [2.05, 4.69) is 16.8 Å². The van der Waals surface area contributed by atoms with E-state index in [0.29, 0.717) is 6.54 Å². The average Bonchev–Trinajstić information content (AvgIpc) is 2.27. The van der Waals surface area contributed by atoms with E-state index in [-0.39, 0.29) is 12.5 Å². The standard InChI is InChI=1S/C13H27N3O2/c1-15-6-3-11(4-7-15)5-8-16(2)10-12(14)9-13(17)18/h11-12H,3-10,14H2,1-2H3,(H,17,18). The van der Waals surface area contributed by atoms with Crippen LogP contribution in [0.1, 0.15) is 25.7 Å². The summed E-state index contributed by atoms with van der Waals surface area (Å²) in [5, 5.41) is 8.65. The number of likely N-dealkylation sites (N-methyl/N-ethyl adjacent to an activating group) is 1. The third kappa shape index (κ3) is 6.33. The lowest BCUT2D eigenvalue weighted by Crippen LogP contribution is -2.38. The van der Waals surface area contributed by atoms with Crippen molar-refractivity contribution in [1.82, 2.24) is 9.80 Å². The summed E-state index contributed by atoms with van der Waals surface area (Å²) in [6.45, 7) is 4.08. The van der Waals surface area contributed by atoms with Crippen molar-refractivity contribution < 1.29 is 9.90 Å². The van der Waals surface area contributed by atoms with Crippen molar-refractivity contribution in [2.24, 2.45) is 11.7 Å². The van der Waals surface area contributed by atoms with Gasteiger partial charge in [0, 0.05) is 12.6 Å². The van der Waals surface area contributed by atoms with Gasteiger partial charge in [0.25, 0.3) is 0 Å². The molecule has 0 aliphatic carbocycles. The fourth-order valence-corrected chi connectivity index (χ4v) is 2.53. The zero-order valence-corrected chi connectivity index (χ0v) is 11.6. The van der Waals surface area contributed by atoms with Crippen molar-refractivity contribution in [1.29, 1.82) is 0 Å². The average molecular weight is 257 g/mol. The summed E-state index contributed by atoms with van der Waals surface area (Å²) in [6, 6.07) is -0.259. The maximum atomic E-state index is 10.5. The van der Waals surface area contributed by atoms with Crippen LogP contribution in [0.3, 0.4) is 0 Å². The molecule has 0 aromatic carbocycles. The summed E-state index contributed by atoms with van der Waals surface area (Å²) in [7, 11) is 4.20. The Balaban J connectivity index is 2.12. The second-order valence-corrected chi connectivity index (χ2v) is 5.66. The highest BCUT2D eigenvalue weighted by Gasteiger charge is 2.17. The Morgan fingerprint density at radius 1 is 1.50 bits per heavy atom. The smallest absolute Gasteiger partial charge is 0.304 e. The number of carboxylic acids is 1. The van der Waals surface area contributed by atoms with Gasteiger partial charge in [-0.1, -0.05) is 0 Å². The first-order valence-corrected chi connectivity index (χ1v) is 6.82. The van der Waals surface area contributed by atoms with Crippen molar-refractivity contribution in [2.45, 2.75) is 31.7 Å². The molecular weight excluding hydrogens is 230 g/mol. The van der Waals surface area contributed by atoms with E-state index in [4.69, 9.17) is 10.8 Å². The van der Waals surface area contributed by atoms with Crippen molar-refractivity contribution in [3.8, 4) is 0 Å². The van der Waals surface area contributed by atoms with Gasteiger partial charge in [0.1, 0.15) is 0 Å². The zero-order chi connectivity index (χ0) is 13.5. The monoisotopic (exact) mass is 257 g/mol. The van der Waals surface area contributed by atoms with Crippen molar-refractivity contribution in [2.75, 3.05) is 40.3 Å². The summed E-state index contributed by atoms with van der Waals surface area (Å²) in [4.78, 5) is 15.1. The molecule has 0 saturated carbocycles. The van der Waals surface area contributed by atoms with E-state index in [1.54, 1.807) is 0 Å². The number of rotatable bonds is 7. The quantitative estimate of drug-likeness (QED) is 0.693. The van der Waals surface area contributed by atoms with Gasteiger partial charge in [0.05, 0.1) is 6.42 Å². The SMILES string of the molecule is CN1CCC(CCN(C)CC(N)CC(=O)O)CC1. The molecule has 1 saturated heterocycles. The lowest BCUT2D eigenvalue weighted by Gasteiger charge is -2.30. The van der Waals surface area contributed by atoms with E-state index >= 15 is 0 Å². The summed E-state index contributed by atoms with van der Waals surface area (Å²) >= 11 is 0. The fraction of sp³-hybridized carbons (Fsp3) is 0.923. The van der Waals surface area contributed by atoms with Gasteiger partial charge in [-0.25, -0.2) is 0 Å². The minimum atomic E-state index is -0.814. The number of hydrogen-bond donors (Lipinski definition) is 2. The minimum Gasteiger partial charge on any atom is -0.481 e. The third-order valence-electron chi connectivity index (χ3n) is 3.74. The molecule has 0 aromatic rings. The molecular formula is C13H27N3O2. The molecule has 3 N–H and O–H groups in total. The predicted octanol–water partition coefficient (Wildman–Crippen LogP) is 0.452. The van der Waals surface area contributed by atoms with Crippen LogP contribution in [0.2, 0.25) is 0 Å². The topological polar surface area (TPSA) is 69.8 Å². The Morgan fingerprint density at radius 3 is 2.67 bits per heavy atom. The first-order valence-electron chi connectivity index (χ1n) is 6.82. The lowest BCUT2D eigenvalue weighted by atomic mass is 9.93. The lowest BCUT2D eigenvalue weighted by molar-refractivity contribution is -0.137. The molecule has 0 spiro atoms. The van der Waals surface area contributed by atoms with Crippen LogP contribution in [0.25, 0.3) is 0 Å². The number of hydrogen-bond acceptors (Lipinski definition) is 4. The van der Waals surface area contributed by atoms with Gasteiger partial charge in [-0.15, -0.1) is 0 Å². The second kappa shape index (κ2) is 7.71. The van der Waals surface area contributed by atoms with Crippen LogP contribution in [0, 0.1) is 5.92 Å². The number of carboxylic acid groups (broad SMARTS) is 1. The van der Waals surface area contributed by atoms with Gasteiger partial charge in [-0.05, 0) is 58.9 Å². The molecule has 5 heteroatoms. The summed E-state index contributed by atoms with van der Waals surface area (Å²) in [5.41, 5.74) is 5.77. The molecule has 106 valence electrons. The Labute approximate surface area is 110 Å². The van der Waals surface area contributed by atoms with Crippen LogP contribution < -0.4 is 5.73 Å². The van der Waals surface area contributed by atoms with Crippen molar-refractivity contribution in [3.05, 3.63) is 0 Å². The van der Waals surface area contributed by atoms with Gasteiger partial charge in [-0.2, -0.15) is 0 Å². The molecule has 0 amide bonds. The summed E-state index contributed by atoms with van der Waals surface area (Å²) < 4.78 is 0. The highest BCUT2D eigenvalue weighted by Crippen LogP contribution is 2.19. The first-order chi connectivity index (χ1) is 8.47. The maximum absolute atomic E-state index is 10.5. The number of piperidine rings is 1. The number of nitrogens with two attached hydrogens (primary N) is 1. The fourth-order valence-electron chi connectivity index (χ4n) is 2.53. The van der Waals surface area contributed by atoms with Gasteiger partial charge in [-0.3, -0.25) is 4.79 Å². The van der Waals surface area contributed by atoms with Crippen LogP contribution in [-0.4, -0.2) is 67.2 Å². The molecule has 1 fully saturated rings. The van der Waals surface area contributed by atoms with Crippen LogP contribution in [0.4, 0.5) is 0 Å². The Morgan fingerprint density at radius 2 is 2.11 bits per heavy atom. The molecule has 5 nitrogen and oxygen atoms in total. The normalized spacial score (nSPS) is 20.2. The van der Waals surface area contributed by atoms with Crippen LogP contribution >= 0.6 is 0 Å². The molecule has 1 unspecified atom stereocenters. The number of likely N-dealkylation sites (tertiary alicyclic amines) is 1. The van der Waals surface area contributed by atoms with Crippen molar-refractivity contribution in [3.63, 3.8) is 0 Å². The Kier molecular flexibility index (Phi) is 6.60.